The molecule has 2 heterocycles. The first-order chi connectivity index (χ1) is 7.38. The summed E-state index contributed by atoms with van der Waals surface area (Å²) < 4.78 is 1.36. The summed E-state index contributed by atoms with van der Waals surface area (Å²) in [5.41, 5.74) is 3.22. The lowest BCUT2D eigenvalue weighted by atomic mass is 10.1. The minimum absolute atomic E-state index is 1.30. The highest BCUT2D eigenvalue weighted by Gasteiger charge is 2.35. The van der Waals surface area contributed by atoms with Gasteiger partial charge in [-0.25, -0.2) is 0 Å². The van der Waals surface area contributed by atoms with Crippen molar-refractivity contribution in [2.75, 3.05) is 13.1 Å². The van der Waals surface area contributed by atoms with Crippen molar-refractivity contribution in [2.24, 2.45) is 0 Å². The molecule has 15 heavy (non-hydrogen) atoms. The van der Waals surface area contributed by atoms with E-state index in [2.05, 4.69) is 24.3 Å². The minimum atomic E-state index is 1.30. The molecule has 80 valence electrons. The molecule has 1 heteroatoms. The molecule has 1 nitrogen and oxygen atoms in total. The van der Waals surface area contributed by atoms with Gasteiger partial charge in [0.05, 0.1) is 13.1 Å². The maximum atomic E-state index is 2.33. The first-order valence-electron chi connectivity index (χ1n) is 6.30. The zero-order chi connectivity index (χ0) is 10.1. The third-order valence-corrected chi connectivity index (χ3v) is 4.14. The highest BCUT2D eigenvalue weighted by Crippen LogP contribution is 2.32. The summed E-state index contributed by atoms with van der Waals surface area (Å²) in [6.07, 6.45) is 5.79. The Hall–Kier alpha value is -0.820. The molecule has 3 rings (SSSR count). The molecule has 0 saturated carbocycles. The molecular formula is C14H20N+. The van der Waals surface area contributed by atoms with Crippen LogP contribution in [0.2, 0.25) is 0 Å². The van der Waals surface area contributed by atoms with Crippen molar-refractivity contribution in [2.45, 2.75) is 38.8 Å². The normalized spacial score (nSPS) is 23.7. The number of quaternary nitrogens is 1. The van der Waals surface area contributed by atoms with Crippen LogP contribution in [0.3, 0.4) is 0 Å². The third kappa shape index (κ3) is 1.69. The van der Waals surface area contributed by atoms with E-state index in [0.29, 0.717) is 0 Å². The highest BCUT2D eigenvalue weighted by atomic mass is 15.4. The number of fused-ring (bicyclic) bond motifs is 1. The van der Waals surface area contributed by atoms with Crippen molar-refractivity contribution < 1.29 is 4.48 Å². The van der Waals surface area contributed by atoms with Crippen LogP contribution in [0.15, 0.2) is 24.3 Å². The van der Waals surface area contributed by atoms with E-state index < -0.39 is 0 Å². The second kappa shape index (κ2) is 3.64. The summed E-state index contributed by atoms with van der Waals surface area (Å²) in [5, 5.41) is 0. The Kier molecular flexibility index (Phi) is 2.28. The van der Waals surface area contributed by atoms with Crippen LogP contribution < -0.4 is 0 Å². The van der Waals surface area contributed by atoms with E-state index in [0.717, 1.165) is 0 Å². The second-order valence-corrected chi connectivity index (χ2v) is 5.29. The molecule has 0 unspecified atom stereocenters. The third-order valence-electron chi connectivity index (χ3n) is 4.14. The van der Waals surface area contributed by atoms with Gasteiger partial charge in [0.15, 0.2) is 0 Å². The van der Waals surface area contributed by atoms with Crippen molar-refractivity contribution in [3.05, 3.63) is 35.4 Å². The lowest BCUT2D eigenvalue weighted by molar-refractivity contribution is -0.946. The average molecular weight is 202 g/mol. The van der Waals surface area contributed by atoms with Crippen molar-refractivity contribution >= 4 is 0 Å². The number of nitrogens with zero attached hydrogens (tertiary/aromatic N) is 1. The fourth-order valence-electron chi connectivity index (χ4n) is 3.32. The summed E-state index contributed by atoms with van der Waals surface area (Å²) in [6, 6.07) is 9.04. The van der Waals surface area contributed by atoms with Gasteiger partial charge in [-0.3, -0.25) is 0 Å². The van der Waals surface area contributed by atoms with E-state index in [1.165, 1.54) is 56.3 Å². The van der Waals surface area contributed by atoms with Gasteiger partial charge >= 0.3 is 0 Å². The largest absolute Gasteiger partial charge is 0.316 e. The lowest BCUT2D eigenvalue weighted by Gasteiger charge is -2.32. The second-order valence-electron chi connectivity index (χ2n) is 5.29. The Labute approximate surface area is 92.3 Å². The summed E-state index contributed by atoms with van der Waals surface area (Å²) in [4.78, 5) is 0. The van der Waals surface area contributed by atoms with Crippen LogP contribution in [0.25, 0.3) is 0 Å². The SMILES string of the molecule is c1ccc2c(c1)C[N+]1(CCCCCC1)C2. The van der Waals surface area contributed by atoms with E-state index >= 15 is 0 Å². The molecule has 0 aliphatic carbocycles. The van der Waals surface area contributed by atoms with Crippen molar-refractivity contribution in [3.8, 4) is 0 Å². The number of hydrogen-bond acceptors (Lipinski definition) is 0. The standard InChI is InChI=1S/C14H20N/c1-2-6-10-15(9-5-1)11-13-7-3-4-8-14(13)12-15/h3-4,7-8H,1-2,5-6,9-12H2/q+1. The summed E-state index contributed by atoms with van der Waals surface area (Å²) in [7, 11) is 0. The van der Waals surface area contributed by atoms with Crippen molar-refractivity contribution in [1.29, 1.82) is 0 Å². The molecular weight excluding hydrogens is 182 g/mol. The summed E-state index contributed by atoms with van der Waals surface area (Å²) in [5.74, 6) is 0. The van der Waals surface area contributed by atoms with Gasteiger partial charge in [-0.15, -0.1) is 0 Å². The van der Waals surface area contributed by atoms with Gasteiger partial charge in [0.25, 0.3) is 0 Å². The average Bonchev–Trinajstić information content (AvgIpc) is 2.45. The maximum Gasteiger partial charge on any atom is 0.105 e. The summed E-state index contributed by atoms with van der Waals surface area (Å²) >= 11 is 0. The quantitative estimate of drug-likeness (QED) is 0.567. The van der Waals surface area contributed by atoms with Crippen LogP contribution in [0.5, 0.6) is 0 Å². The van der Waals surface area contributed by atoms with Crippen LogP contribution in [-0.4, -0.2) is 17.6 Å². The van der Waals surface area contributed by atoms with E-state index in [9.17, 15) is 0 Å². The molecule has 0 N–H and O–H groups in total. The predicted molar refractivity (Wildman–Crippen MR) is 62.3 cm³/mol. The molecule has 0 radical (unpaired) electrons. The molecule has 1 saturated heterocycles. The fourth-order valence-corrected chi connectivity index (χ4v) is 3.32. The molecule has 0 atom stereocenters. The van der Waals surface area contributed by atoms with Crippen LogP contribution >= 0.6 is 0 Å². The molecule has 2 aliphatic rings. The Morgan fingerprint density at radius 1 is 0.733 bits per heavy atom. The predicted octanol–water partition coefficient (Wildman–Crippen LogP) is 3.09. The van der Waals surface area contributed by atoms with Crippen LogP contribution in [0.4, 0.5) is 0 Å². The Balaban J connectivity index is 1.86. The monoisotopic (exact) mass is 202 g/mol. The van der Waals surface area contributed by atoms with Crippen molar-refractivity contribution in [1.82, 2.24) is 0 Å². The molecule has 1 aromatic rings. The highest BCUT2D eigenvalue weighted by molar-refractivity contribution is 5.28. The van der Waals surface area contributed by atoms with Gasteiger partial charge in [-0.1, -0.05) is 24.3 Å². The minimum Gasteiger partial charge on any atom is -0.316 e. The van der Waals surface area contributed by atoms with E-state index in [-0.39, 0.29) is 0 Å². The van der Waals surface area contributed by atoms with Crippen LogP contribution in [0, 0.1) is 0 Å². The molecule has 2 aliphatic heterocycles. The first-order valence-corrected chi connectivity index (χ1v) is 6.30. The summed E-state index contributed by atoms with van der Waals surface area (Å²) in [6.45, 7) is 5.43. The topological polar surface area (TPSA) is 0 Å². The van der Waals surface area contributed by atoms with Gasteiger partial charge in [-0.05, 0) is 25.7 Å². The number of benzene rings is 1. The fraction of sp³-hybridized carbons (Fsp3) is 0.571. The molecule has 1 aromatic carbocycles. The Morgan fingerprint density at radius 3 is 1.80 bits per heavy atom. The molecule has 1 fully saturated rings. The van der Waals surface area contributed by atoms with Gasteiger partial charge < -0.3 is 4.48 Å². The lowest BCUT2D eigenvalue weighted by Crippen LogP contribution is -2.43. The molecule has 0 bridgehead atoms. The smallest absolute Gasteiger partial charge is 0.105 e. The van der Waals surface area contributed by atoms with Crippen molar-refractivity contribution in [3.63, 3.8) is 0 Å². The zero-order valence-corrected chi connectivity index (χ0v) is 9.41. The Morgan fingerprint density at radius 2 is 1.27 bits per heavy atom. The molecule has 1 spiro atoms. The van der Waals surface area contributed by atoms with Gasteiger partial charge in [0.2, 0.25) is 0 Å². The van der Waals surface area contributed by atoms with E-state index in [1.54, 1.807) is 11.1 Å². The molecule has 0 amide bonds. The van der Waals surface area contributed by atoms with Gasteiger partial charge in [0, 0.05) is 11.1 Å². The number of hydrogen-bond donors (Lipinski definition) is 0. The van der Waals surface area contributed by atoms with Gasteiger partial charge in [-0.2, -0.15) is 0 Å². The van der Waals surface area contributed by atoms with E-state index in [1.807, 2.05) is 0 Å². The van der Waals surface area contributed by atoms with E-state index in [4.69, 9.17) is 0 Å². The molecule has 0 aromatic heterocycles. The first kappa shape index (κ1) is 9.41. The number of rotatable bonds is 0. The van der Waals surface area contributed by atoms with Gasteiger partial charge in [0.1, 0.15) is 13.1 Å². The van der Waals surface area contributed by atoms with Crippen LogP contribution in [0.1, 0.15) is 36.8 Å². The Bertz CT molecular complexity index is 321. The maximum absolute atomic E-state index is 2.33. The zero-order valence-electron chi connectivity index (χ0n) is 9.41. The van der Waals surface area contributed by atoms with Crippen LogP contribution in [-0.2, 0) is 13.1 Å².